The molecule has 1 saturated carbocycles. The molecular weight excluding hydrogens is 239 g/mol. The van der Waals surface area contributed by atoms with Crippen molar-refractivity contribution < 1.29 is 13.2 Å². The van der Waals surface area contributed by atoms with E-state index in [1.54, 1.807) is 0 Å². The van der Waals surface area contributed by atoms with Gasteiger partial charge in [0.2, 0.25) is 0 Å². The molecule has 1 aliphatic carbocycles. The maximum atomic E-state index is 12.6. The molecule has 0 aromatic rings. The average Bonchev–Trinajstić information content (AvgIpc) is 2.32. The molecule has 2 fully saturated rings. The summed E-state index contributed by atoms with van der Waals surface area (Å²) in [6.07, 6.45) is 0.561. The highest BCUT2D eigenvalue weighted by Crippen LogP contribution is 2.39. The number of hydrogen-bond donors (Lipinski definition) is 1. The summed E-state index contributed by atoms with van der Waals surface area (Å²) in [5, 5.41) is 3.16. The third-order valence-electron chi connectivity index (χ3n) is 5.12. The van der Waals surface area contributed by atoms with E-state index in [1.807, 2.05) is 0 Å². The van der Waals surface area contributed by atoms with Gasteiger partial charge in [0.1, 0.15) is 0 Å². The molecule has 2 aliphatic rings. The molecule has 1 aliphatic heterocycles. The standard InChI is InChI=1S/C14H24F3N/c1-9-3-4-11(7-10(9)2)13-6-5-12(8-18-13)14(15,16)17/h9-13,18H,3-8H2,1-2H3. The van der Waals surface area contributed by atoms with Gasteiger partial charge in [0.05, 0.1) is 5.92 Å². The van der Waals surface area contributed by atoms with Gasteiger partial charge in [-0.1, -0.05) is 20.3 Å². The van der Waals surface area contributed by atoms with Crippen LogP contribution in [0, 0.1) is 23.7 Å². The summed E-state index contributed by atoms with van der Waals surface area (Å²) < 4.78 is 37.8. The first kappa shape index (κ1) is 14.2. The Balaban J connectivity index is 1.83. The van der Waals surface area contributed by atoms with E-state index in [-0.39, 0.29) is 6.54 Å². The summed E-state index contributed by atoms with van der Waals surface area (Å²) in [6.45, 7) is 4.68. The number of halogens is 3. The van der Waals surface area contributed by atoms with Crippen molar-refractivity contribution in [2.75, 3.05) is 6.54 Å². The van der Waals surface area contributed by atoms with Crippen LogP contribution in [-0.4, -0.2) is 18.8 Å². The van der Waals surface area contributed by atoms with Gasteiger partial charge in [-0.2, -0.15) is 13.2 Å². The van der Waals surface area contributed by atoms with Crippen molar-refractivity contribution in [3.8, 4) is 0 Å². The van der Waals surface area contributed by atoms with Crippen molar-refractivity contribution in [2.24, 2.45) is 23.7 Å². The molecule has 1 N–H and O–H groups in total. The minimum atomic E-state index is -4.02. The van der Waals surface area contributed by atoms with Crippen LogP contribution < -0.4 is 5.32 Å². The van der Waals surface area contributed by atoms with Crippen LogP contribution in [0.15, 0.2) is 0 Å². The van der Waals surface area contributed by atoms with Gasteiger partial charge in [0.15, 0.2) is 0 Å². The lowest BCUT2D eigenvalue weighted by Gasteiger charge is -2.40. The summed E-state index contributed by atoms with van der Waals surface area (Å²) in [5.74, 6) is 0.942. The Hall–Kier alpha value is -0.250. The lowest BCUT2D eigenvalue weighted by molar-refractivity contribution is -0.180. The predicted octanol–water partition coefficient (Wildman–Crippen LogP) is 3.99. The molecule has 5 atom stereocenters. The Morgan fingerprint density at radius 2 is 1.67 bits per heavy atom. The maximum absolute atomic E-state index is 12.6. The molecule has 0 aromatic heterocycles. The highest BCUT2D eigenvalue weighted by atomic mass is 19.4. The van der Waals surface area contributed by atoms with E-state index in [4.69, 9.17) is 0 Å². The van der Waals surface area contributed by atoms with Gasteiger partial charge in [-0.05, 0) is 43.4 Å². The van der Waals surface area contributed by atoms with Crippen molar-refractivity contribution in [3.05, 3.63) is 0 Å². The molecule has 1 saturated heterocycles. The van der Waals surface area contributed by atoms with Gasteiger partial charge >= 0.3 is 6.18 Å². The summed E-state index contributed by atoms with van der Waals surface area (Å²) in [7, 11) is 0. The van der Waals surface area contributed by atoms with E-state index in [1.165, 1.54) is 19.3 Å². The monoisotopic (exact) mass is 263 g/mol. The molecule has 1 nitrogen and oxygen atoms in total. The Morgan fingerprint density at radius 1 is 0.944 bits per heavy atom. The second-order valence-corrected chi connectivity index (χ2v) is 6.36. The second kappa shape index (κ2) is 5.40. The number of rotatable bonds is 1. The van der Waals surface area contributed by atoms with E-state index in [2.05, 4.69) is 19.2 Å². The molecule has 18 heavy (non-hydrogen) atoms. The lowest BCUT2D eigenvalue weighted by atomic mass is 9.71. The lowest BCUT2D eigenvalue weighted by Crippen LogP contribution is -2.48. The van der Waals surface area contributed by atoms with Crippen molar-refractivity contribution in [1.82, 2.24) is 5.32 Å². The fraction of sp³-hybridized carbons (Fsp3) is 1.00. The van der Waals surface area contributed by atoms with Gasteiger partial charge in [0, 0.05) is 12.6 Å². The molecule has 0 aromatic carbocycles. The van der Waals surface area contributed by atoms with Crippen molar-refractivity contribution >= 4 is 0 Å². The SMILES string of the molecule is CC1CCC(C2CCC(C(F)(F)F)CN2)CC1C. The molecule has 2 rings (SSSR count). The summed E-state index contributed by atoms with van der Waals surface area (Å²) in [4.78, 5) is 0. The minimum absolute atomic E-state index is 0.120. The van der Waals surface area contributed by atoms with Gasteiger partial charge < -0.3 is 5.32 Å². The summed E-state index contributed by atoms with van der Waals surface area (Å²) >= 11 is 0. The highest BCUT2D eigenvalue weighted by molar-refractivity contribution is 4.89. The maximum Gasteiger partial charge on any atom is 0.393 e. The smallest absolute Gasteiger partial charge is 0.313 e. The topological polar surface area (TPSA) is 12.0 Å². The fourth-order valence-electron chi connectivity index (χ4n) is 3.51. The van der Waals surface area contributed by atoms with E-state index in [0.29, 0.717) is 30.7 Å². The largest absolute Gasteiger partial charge is 0.393 e. The third kappa shape index (κ3) is 3.19. The number of piperidine rings is 1. The molecule has 0 amide bonds. The molecular formula is C14H24F3N. The zero-order valence-corrected chi connectivity index (χ0v) is 11.3. The number of hydrogen-bond acceptors (Lipinski definition) is 1. The van der Waals surface area contributed by atoms with Crippen LogP contribution in [0.5, 0.6) is 0 Å². The predicted molar refractivity (Wildman–Crippen MR) is 66.2 cm³/mol. The van der Waals surface area contributed by atoms with Gasteiger partial charge in [-0.15, -0.1) is 0 Å². The zero-order valence-electron chi connectivity index (χ0n) is 11.3. The molecule has 0 bridgehead atoms. The Bertz CT molecular complexity index is 269. The van der Waals surface area contributed by atoms with Crippen LogP contribution in [-0.2, 0) is 0 Å². The van der Waals surface area contributed by atoms with Crippen molar-refractivity contribution in [2.45, 2.75) is 58.2 Å². The molecule has 1 heterocycles. The molecule has 106 valence electrons. The summed E-state index contributed by atoms with van der Waals surface area (Å²) in [5.41, 5.74) is 0. The molecule has 0 spiro atoms. The Kier molecular flexibility index (Phi) is 4.25. The number of alkyl halides is 3. The average molecular weight is 263 g/mol. The van der Waals surface area contributed by atoms with E-state index in [9.17, 15) is 13.2 Å². The Labute approximate surface area is 108 Å². The summed E-state index contributed by atoms with van der Waals surface area (Å²) in [6, 6.07) is 0.318. The third-order valence-corrected chi connectivity index (χ3v) is 5.12. The quantitative estimate of drug-likeness (QED) is 0.754. The highest BCUT2D eigenvalue weighted by Gasteiger charge is 2.43. The van der Waals surface area contributed by atoms with Crippen molar-refractivity contribution in [1.29, 1.82) is 0 Å². The van der Waals surface area contributed by atoms with Crippen LogP contribution in [0.25, 0.3) is 0 Å². The van der Waals surface area contributed by atoms with Crippen LogP contribution in [0.2, 0.25) is 0 Å². The normalized spacial score (nSPS) is 42.8. The van der Waals surface area contributed by atoms with E-state index >= 15 is 0 Å². The van der Waals surface area contributed by atoms with Crippen LogP contribution >= 0.6 is 0 Å². The number of nitrogens with one attached hydrogen (secondary N) is 1. The van der Waals surface area contributed by atoms with Crippen LogP contribution in [0.1, 0.15) is 46.0 Å². The van der Waals surface area contributed by atoms with E-state index in [0.717, 1.165) is 5.92 Å². The van der Waals surface area contributed by atoms with Crippen LogP contribution in [0.3, 0.4) is 0 Å². The van der Waals surface area contributed by atoms with E-state index < -0.39 is 12.1 Å². The second-order valence-electron chi connectivity index (χ2n) is 6.36. The fourth-order valence-corrected chi connectivity index (χ4v) is 3.51. The first-order chi connectivity index (χ1) is 8.38. The van der Waals surface area contributed by atoms with Gasteiger partial charge in [-0.3, -0.25) is 0 Å². The molecule has 5 unspecified atom stereocenters. The minimum Gasteiger partial charge on any atom is -0.313 e. The van der Waals surface area contributed by atoms with Crippen molar-refractivity contribution in [3.63, 3.8) is 0 Å². The first-order valence-corrected chi connectivity index (χ1v) is 7.18. The Morgan fingerprint density at radius 3 is 2.17 bits per heavy atom. The molecule has 0 radical (unpaired) electrons. The van der Waals surface area contributed by atoms with Gasteiger partial charge in [-0.25, -0.2) is 0 Å². The first-order valence-electron chi connectivity index (χ1n) is 7.18. The van der Waals surface area contributed by atoms with Gasteiger partial charge in [0.25, 0.3) is 0 Å². The molecule has 4 heteroatoms. The van der Waals surface area contributed by atoms with Crippen LogP contribution in [0.4, 0.5) is 13.2 Å². The zero-order chi connectivity index (χ0) is 13.3.